The van der Waals surface area contributed by atoms with Crippen molar-refractivity contribution in [3.05, 3.63) is 23.8 Å². The molecular weight excluding hydrogens is 194 g/mol. The molecule has 0 spiro atoms. The van der Waals surface area contributed by atoms with Gasteiger partial charge in [0.1, 0.15) is 18.1 Å². The van der Waals surface area contributed by atoms with Crippen LogP contribution in [0.5, 0.6) is 11.5 Å². The van der Waals surface area contributed by atoms with E-state index in [0.29, 0.717) is 18.6 Å². The van der Waals surface area contributed by atoms with E-state index < -0.39 is 0 Å². The van der Waals surface area contributed by atoms with Crippen LogP contribution in [0, 0.1) is 0 Å². The number of aldehydes is 1. The molecule has 1 aromatic carbocycles. The summed E-state index contributed by atoms with van der Waals surface area (Å²) in [6, 6.07) is 4.64. The monoisotopic (exact) mass is 209 g/mol. The number of aromatic hydroxyl groups is 1. The van der Waals surface area contributed by atoms with Gasteiger partial charge in [-0.15, -0.1) is 0 Å². The van der Waals surface area contributed by atoms with Crippen LogP contribution in [-0.4, -0.2) is 43.5 Å². The Bertz CT molecular complexity index is 337. The van der Waals surface area contributed by atoms with Gasteiger partial charge in [0, 0.05) is 12.6 Å². The van der Waals surface area contributed by atoms with E-state index in [1.54, 1.807) is 6.07 Å². The molecule has 0 atom stereocenters. The number of nitrogens with zero attached hydrogens (tertiary/aromatic N) is 1. The third-order valence-corrected chi connectivity index (χ3v) is 1.94. The summed E-state index contributed by atoms with van der Waals surface area (Å²) in [5, 5.41) is 9.38. The number of benzene rings is 1. The van der Waals surface area contributed by atoms with Crippen LogP contribution in [0.3, 0.4) is 0 Å². The SMILES string of the molecule is CN(C)CCOc1ccc(C=O)c(O)c1. The molecule has 0 unspecified atom stereocenters. The topological polar surface area (TPSA) is 49.8 Å². The second kappa shape index (κ2) is 5.36. The van der Waals surface area contributed by atoms with Gasteiger partial charge in [-0.25, -0.2) is 0 Å². The highest BCUT2D eigenvalue weighted by Gasteiger charge is 2.02. The highest BCUT2D eigenvalue weighted by Crippen LogP contribution is 2.21. The van der Waals surface area contributed by atoms with Crippen LogP contribution >= 0.6 is 0 Å². The summed E-state index contributed by atoms with van der Waals surface area (Å²) in [5.41, 5.74) is 0.273. The molecule has 0 bridgehead atoms. The first-order valence-corrected chi connectivity index (χ1v) is 4.69. The zero-order chi connectivity index (χ0) is 11.3. The van der Waals surface area contributed by atoms with Gasteiger partial charge >= 0.3 is 0 Å². The Kier molecular flexibility index (Phi) is 4.12. The predicted molar refractivity (Wildman–Crippen MR) is 57.5 cm³/mol. The lowest BCUT2D eigenvalue weighted by Gasteiger charge is -2.11. The number of carbonyl (C=O) groups is 1. The van der Waals surface area contributed by atoms with Crippen molar-refractivity contribution in [3.63, 3.8) is 0 Å². The molecule has 0 saturated heterocycles. The summed E-state index contributed by atoms with van der Waals surface area (Å²) < 4.78 is 5.38. The van der Waals surface area contributed by atoms with Gasteiger partial charge in [-0.2, -0.15) is 0 Å². The van der Waals surface area contributed by atoms with Gasteiger partial charge in [-0.3, -0.25) is 4.79 Å². The average Bonchev–Trinajstić information content (AvgIpc) is 2.17. The summed E-state index contributed by atoms with van der Waals surface area (Å²) in [7, 11) is 3.91. The van der Waals surface area contributed by atoms with E-state index in [1.165, 1.54) is 12.1 Å². The fraction of sp³-hybridized carbons (Fsp3) is 0.364. The zero-order valence-electron chi connectivity index (χ0n) is 8.93. The molecule has 0 heterocycles. The van der Waals surface area contributed by atoms with E-state index in [2.05, 4.69) is 0 Å². The fourth-order valence-corrected chi connectivity index (χ4v) is 1.06. The number of hydrogen-bond donors (Lipinski definition) is 1. The van der Waals surface area contributed by atoms with E-state index in [-0.39, 0.29) is 11.3 Å². The van der Waals surface area contributed by atoms with E-state index in [1.807, 2.05) is 19.0 Å². The standard InChI is InChI=1S/C11H15NO3/c1-12(2)5-6-15-10-4-3-9(8-13)11(14)7-10/h3-4,7-8,14H,5-6H2,1-2H3. The molecule has 0 aliphatic heterocycles. The summed E-state index contributed by atoms with van der Waals surface area (Å²) in [6.45, 7) is 1.35. The van der Waals surface area contributed by atoms with Crippen LogP contribution < -0.4 is 4.74 Å². The summed E-state index contributed by atoms with van der Waals surface area (Å²) in [4.78, 5) is 12.4. The molecule has 1 rings (SSSR count). The van der Waals surface area contributed by atoms with Crippen molar-refractivity contribution in [1.29, 1.82) is 0 Å². The lowest BCUT2D eigenvalue weighted by Crippen LogP contribution is -2.19. The third kappa shape index (κ3) is 3.59. The van der Waals surface area contributed by atoms with Crippen molar-refractivity contribution < 1.29 is 14.6 Å². The van der Waals surface area contributed by atoms with E-state index >= 15 is 0 Å². The van der Waals surface area contributed by atoms with Gasteiger partial charge in [0.15, 0.2) is 6.29 Å². The van der Waals surface area contributed by atoms with Gasteiger partial charge in [0.05, 0.1) is 5.56 Å². The minimum Gasteiger partial charge on any atom is -0.507 e. The molecular formula is C11H15NO3. The highest BCUT2D eigenvalue weighted by molar-refractivity contribution is 5.79. The molecule has 4 heteroatoms. The van der Waals surface area contributed by atoms with E-state index in [9.17, 15) is 9.90 Å². The summed E-state index contributed by atoms with van der Waals surface area (Å²) >= 11 is 0. The van der Waals surface area contributed by atoms with Crippen LogP contribution in [-0.2, 0) is 0 Å². The maximum atomic E-state index is 10.4. The minimum atomic E-state index is -0.0487. The molecule has 0 aliphatic rings. The average molecular weight is 209 g/mol. The minimum absolute atomic E-state index is 0.0487. The van der Waals surface area contributed by atoms with Crippen molar-refractivity contribution >= 4 is 6.29 Å². The molecule has 0 aliphatic carbocycles. The number of ether oxygens (including phenoxy) is 1. The van der Waals surface area contributed by atoms with Crippen LogP contribution in [0.4, 0.5) is 0 Å². The quantitative estimate of drug-likeness (QED) is 0.739. The van der Waals surface area contributed by atoms with Crippen LogP contribution in [0.25, 0.3) is 0 Å². The number of rotatable bonds is 5. The molecule has 0 fully saturated rings. The van der Waals surface area contributed by atoms with E-state index in [4.69, 9.17) is 4.74 Å². The Morgan fingerprint density at radius 3 is 2.73 bits per heavy atom. The summed E-state index contributed by atoms with van der Waals surface area (Å²) in [5.74, 6) is 0.521. The number of carbonyl (C=O) groups excluding carboxylic acids is 1. The first kappa shape index (κ1) is 11.5. The van der Waals surface area contributed by atoms with Crippen molar-refractivity contribution in [2.24, 2.45) is 0 Å². The fourth-order valence-electron chi connectivity index (χ4n) is 1.06. The van der Waals surface area contributed by atoms with Crippen LogP contribution in [0.1, 0.15) is 10.4 Å². The van der Waals surface area contributed by atoms with Crippen LogP contribution in [0.2, 0.25) is 0 Å². The Balaban J connectivity index is 2.56. The lowest BCUT2D eigenvalue weighted by molar-refractivity contribution is 0.112. The second-order valence-corrected chi connectivity index (χ2v) is 3.49. The highest BCUT2D eigenvalue weighted by atomic mass is 16.5. The van der Waals surface area contributed by atoms with Crippen LogP contribution in [0.15, 0.2) is 18.2 Å². The van der Waals surface area contributed by atoms with Crippen molar-refractivity contribution in [2.45, 2.75) is 0 Å². The van der Waals surface area contributed by atoms with E-state index in [0.717, 1.165) is 6.54 Å². The molecule has 15 heavy (non-hydrogen) atoms. The Morgan fingerprint density at radius 2 is 2.20 bits per heavy atom. The molecule has 0 amide bonds. The normalized spacial score (nSPS) is 10.3. The molecule has 0 aromatic heterocycles. The number of likely N-dealkylation sites (N-methyl/N-ethyl adjacent to an activating group) is 1. The van der Waals surface area contributed by atoms with Crippen molar-refractivity contribution in [2.75, 3.05) is 27.2 Å². The predicted octanol–water partition coefficient (Wildman–Crippen LogP) is 1.15. The zero-order valence-corrected chi connectivity index (χ0v) is 8.93. The Hall–Kier alpha value is -1.55. The van der Waals surface area contributed by atoms with Crippen molar-refractivity contribution in [1.82, 2.24) is 4.90 Å². The van der Waals surface area contributed by atoms with Gasteiger partial charge in [-0.05, 0) is 26.2 Å². The third-order valence-electron chi connectivity index (χ3n) is 1.94. The molecule has 1 N–H and O–H groups in total. The lowest BCUT2D eigenvalue weighted by atomic mass is 10.2. The van der Waals surface area contributed by atoms with Gasteiger partial charge in [0.2, 0.25) is 0 Å². The number of phenols is 1. The Labute approximate surface area is 89.1 Å². The first-order chi connectivity index (χ1) is 7.13. The molecule has 4 nitrogen and oxygen atoms in total. The molecule has 1 aromatic rings. The van der Waals surface area contributed by atoms with Gasteiger partial charge in [-0.1, -0.05) is 0 Å². The molecule has 0 saturated carbocycles. The van der Waals surface area contributed by atoms with Gasteiger partial charge < -0.3 is 14.7 Å². The largest absolute Gasteiger partial charge is 0.507 e. The molecule has 82 valence electrons. The Morgan fingerprint density at radius 1 is 1.47 bits per heavy atom. The number of phenolic OH excluding ortho intramolecular Hbond substituents is 1. The number of hydrogen-bond acceptors (Lipinski definition) is 4. The second-order valence-electron chi connectivity index (χ2n) is 3.49. The summed E-state index contributed by atoms with van der Waals surface area (Å²) in [6.07, 6.45) is 0.610. The maximum absolute atomic E-state index is 10.4. The maximum Gasteiger partial charge on any atom is 0.153 e. The van der Waals surface area contributed by atoms with Gasteiger partial charge in [0.25, 0.3) is 0 Å². The first-order valence-electron chi connectivity index (χ1n) is 4.69. The van der Waals surface area contributed by atoms with Crippen molar-refractivity contribution in [3.8, 4) is 11.5 Å². The molecule has 0 radical (unpaired) electrons. The smallest absolute Gasteiger partial charge is 0.153 e.